The molecule has 0 bridgehead atoms. The molecule has 2 saturated carbocycles. The number of carbonyl (C=O) groups is 3. The Morgan fingerprint density at radius 1 is 1.22 bits per heavy atom. The van der Waals surface area contributed by atoms with Crippen LogP contribution in [0.3, 0.4) is 0 Å². The number of carboxylic acid groups (broad SMARTS) is 1. The maximum absolute atomic E-state index is 12.8. The van der Waals surface area contributed by atoms with E-state index in [4.69, 9.17) is 27.9 Å². The number of halogens is 3. The summed E-state index contributed by atoms with van der Waals surface area (Å²) in [5.74, 6) is -1.49. The summed E-state index contributed by atoms with van der Waals surface area (Å²) >= 11 is 15.5. The van der Waals surface area contributed by atoms with Gasteiger partial charge in [-0.3, -0.25) is 19.6 Å². The molecule has 1 heterocycles. The van der Waals surface area contributed by atoms with Crippen LogP contribution in [0.4, 0.5) is 5.69 Å². The van der Waals surface area contributed by atoms with Crippen molar-refractivity contribution in [3.63, 3.8) is 0 Å². The molecule has 2 fully saturated rings. The molecule has 0 radical (unpaired) electrons. The van der Waals surface area contributed by atoms with E-state index in [1.165, 1.54) is 12.4 Å². The number of nitrogens with zero attached hydrogens (tertiary/aromatic N) is 2. The van der Waals surface area contributed by atoms with E-state index in [1.54, 1.807) is 31.4 Å². The number of alkyl halides is 1. The lowest BCUT2D eigenvalue weighted by atomic mass is 9.57. The second-order valence-electron chi connectivity index (χ2n) is 8.95. The summed E-state index contributed by atoms with van der Waals surface area (Å²) in [6.07, 6.45) is 5.61. The number of ketones is 1. The molecule has 1 aromatic carbocycles. The number of carbonyl (C=O) groups excluding carboxylic acids is 2. The molecule has 2 aliphatic carbocycles. The molecule has 0 saturated heterocycles. The van der Waals surface area contributed by atoms with Crippen molar-refractivity contribution < 1.29 is 24.2 Å². The van der Waals surface area contributed by atoms with Gasteiger partial charge < -0.3 is 15.2 Å². The Kier molecular flexibility index (Phi) is 8.14. The number of aliphatic imine (C=N–C) groups is 1. The van der Waals surface area contributed by atoms with Gasteiger partial charge in [-0.05, 0) is 43.4 Å². The maximum atomic E-state index is 12.8. The van der Waals surface area contributed by atoms with Gasteiger partial charge in [-0.1, -0.05) is 51.3 Å². The van der Waals surface area contributed by atoms with Crippen LogP contribution in [-0.4, -0.2) is 57.5 Å². The molecule has 1 unspecified atom stereocenters. The first kappa shape index (κ1) is 26.7. The van der Waals surface area contributed by atoms with Gasteiger partial charge in [0.25, 0.3) is 5.91 Å². The molecule has 1 spiro atoms. The van der Waals surface area contributed by atoms with Crippen LogP contribution in [0.5, 0.6) is 0 Å². The van der Waals surface area contributed by atoms with Gasteiger partial charge >= 0.3 is 5.97 Å². The predicted molar refractivity (Wildman–Crippen MR) is 141 cm³/mol. The first-order chi connectivity index (χ1) is 17.2. The number of nitrogens with one attached hydrogen (secondary N) is 1. The number of methoxy groups -OCH3 is 1. The number of ether oxygens (including phenoxy) is 1. The Labute approximate surface area is 226 Å². The first-order valence-corrected chi connectivity index (χ1v) is 13.0. The highest BCUT2D eigenvalue weighted by molar-refractivity contribution is 9.10. The summed E-state index contributed by atoms with van der Waals surface area (Å²) in [7, 11) is 1.66. The normalized spacial score (nSPS) is 25.4. The Balaban J connectivity index is 1.47. The summed E-state index contributed by atoms with van der Waals surface area (Å²) in [5, 5.41) is 12.8. The summed E-state index contributed by atoms with van der Waals surface area (Å²) in [4.78, 5) is 45.2. The van der Waals surface area contributed by atoms with Crippen molar-refractivity contribution >= 4 is 68.2 Å². The minimum Gasteiger partial charge on any atom is -0.480 e. The van der Waals surface area contributed by atoms with Gasteiger partial charge in [0.2, 0.25) is 0 Å². The number of pyridine rings is 1. The largest absolute Gasteiger partial charge is 0.480 e. The Morgan fingerprint density at radius 2 is 1.83 bits per heavy atom. The van der Waals surface area contributed by atoms with Gasteiger partial charge in [0.05, 0.1) is 27.1 Å². The lowest BCUT2D eigenvalue weighted by molar-refractivity contribution is -0.138. The lowest BCUT2D eigenvalue weighted by Crippen LogP contribution is -2.62. The number of anilines is 1. The van der Waals surface area contributed by atoms with Gasteiger partial charge in [0.1, 0.15) is 4.83 Å². The monoisotopic (exact) mass is 595 g/mol. The minimum absolute atomic E-state index is 0.0643. The van der Waals surface area contributed by atoms with Gasteiger partial charge in [-0.25, -0.2) is 4.79 Å². The average molecular weight is 597 g/mol. The zero-order chi connectivity index (χ0) is 26.0. The summed E-state index contributed by atoms with van der Waals surface area (Å²) in [6, 6.07) is 5.73. The lowest BCUT2D eigenvalue weighted by Gasteiger charge is -2.49. The molecule has 36 heavy (non-hydrogen) atoms. The molecule has 11 heteroatoms. The van der Waals surface area contributed by atoms with Crippen LogP contribution in [0.15, 0.2) is 41.7 Å². The SMILES string of the molecule is COC1CCC2(CC1)C(=O)C(Br)C2=N[C@@H](Cc1ccc(NC(=O)c2c(Cl)cncc2Cl)cc1)C(=O)O. The fourth-order valence-corrected chi connectivity index (χ4v) is 6.33. The summed E-state index contributed by atoms with van der Waals surface area (Å²) in [5.41, 5.74) is 1.25. The third-order valence-corrected chi connectivity index (χ3v) is 8.28. The number of rotatable bonds is 7. The predicted octanol–water partition coefficient (Wildman–Crippen LogP) is 5.00. The number of carboxylic acids is 1. The van der Waals surface area contributed by atoms with Crippen LogP contribution in [-0.2, 0) is 20.7 Å². The van der Waals surface area contributed by atoms with E-state index < -0.39 is 28.2 Å². The molecule has 2 aliphatic rings. The van der Waals surface area contributed by atoms with Crippen LogP contribution in [0.25, 0.3) is 0 Å². The van der Waals surface area contributed by atoms with E-state index >= 15 is 0 Å². The zero-order valence-corrected chi connectivity index (χ0v) is 22.4. The van der Waals surface area contributed by atoms with Gasteiger partial charge in [0.15, 0.2) is 11.8 Å². The van der Waals surface area contributed by atoms with Gasteiger partial charge in [-0.15, -0.1) is 0 Å². The van der Waals surface area contributed by atoms with E-state index in [0.29, 0.717) is 24.2 Å². The molecule has 1 aromatic heterocycles. The van der Waals surface area contributed by atoms with Crippen molar-refractivity contribution in [2.24, 2.45) is 10.4 Å². The van der Waals surface area contributed by atoms with Crippen LogP contribution < -0.4 is 5.32 Å². The van der Waals surface area contributed by atoms with Crippen LogP contribution in [0, 0.1) is 5.41 Å². The fraction of sp³-hybridized carbons (Fsp3) is 0.400. The van der Waals surface area contributed by atoms with Gasteiger partial charge in [-0.2, -0.15) is 0 Å². The highest BCUT2D eigenvalue weighted by atomic mass is 79.9. The third-order valence-electron chi connectivity index (χ3n) is 6.85. The quantitative estimate of drug-likeness (QED) is 0.434. The van der Waals surface area contributed by atoms with E-state index in [2.05, 4.69) is 31.2 Å². The second-order valence-corrected chi connectivity index (χ2v) is 10.7. The summed E-state index contributed by atoms with van der Waals surface area (Å²) in [6.45, 7) is 0. The number of hydrogen-bond acceptors (Lipinski definition) is 6. The number of hydrogen-bond donors (Lipinski definition) is 2. The molecule has 2 N–H and O–H groups in total. The molecular formula is C25H24BrCl2N3O5. The highest BCUT2D eigenvalue weighted by Gasteiger charge is 2.59. The molecule has 4 rings (SSSR count). The number of Topliss-reactive ketones (excluding diaryl/α,β-unsaturated/α-hetero) is 1. The van der Waals surface area contributed by atoms with Crippen LogP contribution in [0.2, 0.25) is 10.0 Å². The Morgan fingerprint density at radius 3 is 2.39 bits per heavy atom. The zero-order valence-electron chi connectivity index (χ0n) is 19.3. The van der Waals surface area contributed by atoms with Crippen LogP contribution >= 0.6 is 39.1 Å². The average Bonchev–Trinajstić information content (AvgIpc) is 2.86. The molecule has 8 nitrogen and oxygen atoms in total. The molecular weight excluding hydrogens is 573 g/mol. The maximum Gasteiger partial charge on any atom is 0.328 e. The van der Waals surface area contributed by atoms with E-state index in [1.807, 2.05) is 0 Å². The van der Waals surface area contributed by atoms with E-state index in [-0.39, 0.29) is 33.9 Å². The number of aliphatic carboxylic acids is 1. The molecule has 190 valence electrons. The van der Waals surface area contributed by atoms with E-state index in [0.717, 1.165) is 18.4 Å². The van der Waals surface area contributed by atoms with Crippen molar-refractivity contribution in [2.45, 2.75) is 49.1 Å². The van der Waals surface area contributed by atoms with Crippen molar-refractivity contribution in [1.82, 2.24) is 4.98 Å². The number of amides is 1. The number of aromatic nitrogens is 1. The molecule has 2 atom stereocenters. The molecule has 2 aromatic rings. The van der Waals surface area contributed by atoms with E-state index in [9.17, 15) is 19.5 Å². The van der Waals surface area contributed by atoms with Crippen molar-refractivity contribution in [2.75, 3.05) is 12.4 Å². The van der Waals surface area contributed by atoms with Crippen molar-refractivity contribution in [1.29, 1.82) is 0 Å². The Hall–Kier alpha value is -2.33. The first-order valence-electron chi connectivity index (χ1n) is 11.4. The second kappa shape index (κ2) is 11.0. The topological polar surface area (TPSA) is 118 Å². The molecule has 0 aliphatic heterocycles. The third kappa shape index (κ3) is 5.20. The Bertz CT molecular complexity index is 1190. The standard InChI is InChI=1S/C25H24BrCl2N3O5/c1-36-15-6-8-25(9-7-15)21(20(26)22(25)32)31-18(24(34)35)10-13-2-4-14(5-3-13)30-23(33)19-16(27)11-29-12-17(19)28/h2-5,11-12,15,18,20H,6-10H2,1H3,(H,30,33)(H,34,35)/t15?,18-,20?,25?/m0/s1. The minimum atomic E-state index is -1.07. The highest BCUT2D eigenvalue weighted by Crippen LogP contribution is 2.50. The fourth-order valence-electron chi connectivity index (χ4n) is 4.79. The molecule has 1 amide bonds. The summed E-state index contributed by atoms with van der Waals surface area (Å²) < 4.78 is 5.42. The van der Waals surface area contributed by atoms with Crippen molar-refractivity contribution in [3.05, 3.63) is 57.8 Å². The van der Waals surface area contributed by atoms with Crippen molar-refractivity contribution in [3.8, 4) is 0 Å². The smallest absolute Gasteiger partial charge is 0.328 e. The number of benzene rings is 1. The van der Waals surface area contributed by atoms with Gasteiger partial charge in [0, 0.05) is 37.3 Å². The van der Waals surface area contributed by atoms with Crippen LogP contribution in [0.1, 0.15) is 41.6 Å².